The Morgan fingerprint density at radius 3 is 2.81 bits per heavy atom. The van der Waals surface area contributed by atoms with E-state index >= 15 is 0 Å². The summed E-state index contributed by atoms with van der Waals surface area (Å²) in [7, 11) is 0. The summed E-state index contributed by atoms with van der Waals surface area (Å²) in [5.74, 6) is 0.246. The van der Waals surface area contributed by atoms with Crippen LogP contribution in [0.1, 0.15) is 5.69 Å². The van der Waals surface area contributed by atoms with Crippen molar-refractivity contribution in [3.05, 3.63) is 48.3 Å². The van der Waals surface area contributed by atoms with Crippen LogP contribution in [-0.4, -0.2) is 10.1 Å². The van der Waals surface area contributed by atoms with Crippen LogP contribution in [0.25, 0.3) is 0 Å². The van der Waals surface area contributed by atoms with Crippen LogP contribution in [0, 0.1) is 0 Å². The van der Waals surface area contributed by atoms with E-state index in [2.05, 4.69) is 10.3 Å². The first-order chi connectivity index (χ1) is 7.74. The van der Waals surface area contributed by atoms with E-state index in [-0.39, 0.29) is 5.75 Å². The molecule has 1 heterocycles. The van der Waals surface area contributed by atoms with E-state index in [1.807, 2.05) is 18.2 Å². The third-order valence-corrected chi connectivity index (χ3v) is 2.17. The van der Waals surface area contributed by atoms with E-state index in [4.69, 9.17) is 5.73 Å². The zero-order valence-electron chi connectivity index (χ0n) is 8.72. The van der Waals surface area contributed by atoms with Crippen LogP contribution in [0.5, 0.6) is 5.75 Å². The van der Waals surface area contributed by atoms with Gasteiger partial charge in [0.1, 0.15) is 5.75 Å². The number of nitrogens with one attached hydrogen (secondary N) is 1. The normalized spacial score (nSPS) is 10.0. The van der Waals surface area contributed by atoms with Crippen molar-refractivity contribution in [2.24, 2.45) is 0 Å². The first-order valence-corrected chi connectivity index (χ1v) is 4.97. The number of hydrogen-bond acceptors (Lipinski definition) is 4. The van der Waals surface area contributed by atoms with Crippen LogP contribution in [-0.2, 0) is 6.54 Å². The van der Waals surface area contributed by atoms with Crippen molar-refractivity contribution in [2.45, 2.75) is 6.54 Å². The Morgan fingerprint density at radius 2 is 2.12 bits per heavy atom. The highest BCUT2D eigenvalue weighted by atomic mass is 16.3. The van der Waals surface area contributed by atoms with Gasteiger partial charge < -0.3 is 16.2 Å². The number of nitrogens with two attached hydrogens (primary N) is 1. The first kappa shape index (κ1) is 10.3. The molecule has 4 heteroatoms. The monoisotopic (exact) mass is 215 g/mol. The molecule has 1 aromatic heterocycles. The molecule has 0 saturated carbocycles. The second kappa shape index (κ2) is 4.53. The maximum atomic E-state index is 9.27. The predicted molar refractivity (Wildman–Crippen MR) is 64.1 cm³/mol. The highest BCUT2D eigenvalue weighted by Gasteiger charge is 1.96. The van der Waals surface area contributed by atoms with Crippen LogP contribution in [0.15, 0.2) is 42.6 Å². The summed E-state index contributed by atoms with van der Waals surface area (Å²) in [5, 5.41) is 12.4. The maximum Gasteiger partial charge on any atom is 0.117 e. The number of benzene rings is 1. The fraction of sp³-hybridized carbons (Fsp3) is 0.0833. The molecule has 0 atom stereocenters. The number of anilines is 2. The van der Waals surface area contributed by atoms with Crippen LogP contribution in [0.4, 0.5) is 11.4 Å². The lowest BCUT2D eigenvalue weighted by molar-refractivity contribution is 0.475. The minimum absolute atomic E-state index is 0.246. The third-order valence-electron chi connectivity index (χ3n) is 2.17. The smallest absolute Gasteiger partial charge is 0.117 e. The van der Waals surface area contributed by atoms with Crippen LogP contribution in [0.2, 0.25) is 0 Å². The Kier molecular flexibility index (Phi) is 2.91. The zero-order valence-corrected chi connectivity index (χ0v) is 8.72. The standard InChI is InChI=1S/C12H13N3O/c13-9-4-5-11(14-7-9)8-15-10-2-1-3-12(16)6-10/h1-7,15-16H,8,13H2. The van der Waals surface area contributed by atoms with Gasteiger partial charge in [0.05, 0.1) is 24.1 Å². The molecular weight excluding hydrogens is 202 g/mol. The van der Waals surface area contributed by atoms with Crippen molar-refractivity contribution in [3.8, 4) is 5.75 Å². The Balaban J connectivity index is 1.99. The Hall–Kier alpha value is -2.23. The summed E-state index contributed by atoms with van der Waals surface area (Å²) in [6.45, 7) is 0.601. The Labute approximate surface area is 93.8 Å². The number of pyridine rings is 1. The van der Waals surface area contributed by atoms with Gasteiger partial charge in [-0.1, -0.05) is 6.07 Å². The largest absolute Gasteiger partial charge is 0.508 e. The second-order valence-electron chi connectivity index (χ2n) is 3.49. The molecule has 4 N–H and O–H groups in total. The van der Waals surface area contributed by atoms with Crippen LogP contribution < -0.4 is 11.1 Å². The van der Waals surface area contributed by atoms with Gasteiger partial charge in [0.2, 0.25) is 0 Å². The van der Waals surface area contributed by atoms with Crippen LogP contribution in [0.3, 0.4) is 0 Å². The average Bonchev–Trinajstić information content (AvgIpc) is 2.28. The third kappa shape index (κ3) is 2.63. The van der Waals surface area contributed by atoms with Gasteiger partial charge in [-0.25, -0.2) is 0 Å². The molecule has 0 saturated heterocycles. The number of hydrogen-bond donors (Lipinski definition) is 3. The molecule has 0 spiro atoms. The van der Waals surface area contributed by atoms with Crippen molar-refractivity contribution < 1.29 is 5.11 Å². The average molecular weight is 215 g/mol. The predicted octanol–water partition coefficient (Wildman–Crippen LogP) is 1.98. The van der Waals surface area contributed by atoms with Gasteiger partial charge in [-0.3, -0.25) is 4.98 Å². The number of phenols is 1. The molecule has 1 aromatic carbocycles. The molecule has 0 bridgehead atoms. The first-order valence-electron chi connectivity index (χ1n) is 4.97. The minimum Gasteiger partial charge on any atom is -0.508 e. The number of nitrogens with zero attached hydrogens (tertiary/aromatic N) is 1. The summed E-state index contributed by atoms with van der Waals surface area (Å²) < 4.78 is 0. The highest BCUT2D eigenvalue weighted by Crippen LogP contribution is 2.15. The van der Waals surface area contributed by atoms with Gasteiger partial charge in [-0.2, -0.15) is 0 Å². The lowest BCUT2D eigenvalue weighted by Gasteiger charge is -2.06. The van der Waals surface area contributed by atoms with E-state index in [1.54, 1.807) is 24.4 Å². The molecule has 0 unspecified atom stereocenters. The fourth-order valence-electron chi connectivity index (χ4n) is 1.35. The highest BCUT2D eigenvalue weighted by molar-refractivity contribution is 5.48. The van der Waals surface area contributed by atoms with E-state index in [0.717, 1.165) is 11.4 Å². The summed E-state index contributed by atoms with van der Waals surface area (Å²) in [5.41, 5.74) is 7.95. The second-order valence-corrected chi connectivity index (χ2v) is 3.49. The van der Waals surface area contributed by atoms with E-state index < -0.39 is 0 Å². The molecule has 0 aliphatic heterocycles. The maximum absolute atomic E-state index is 9.27. The van der Waals surface area contributed by atoms with Gasteiger partial charge in [-0.05, 0) is 24.3 Å². The zero-order chi connectivity index (χ0) is 11.4. The number of aromatic nitrogens is 1. The molecule has 82 valence electrons. The fourth-order valence-corrected chi connectivity index (χ4v) is 1.35. The van der Waals surface area contributed by atoms with Crippen molar-refractivity contribution in [3.63, 3.8) is 0 Å². The van der Waals surface area contributed by atoms with Gasteiger partial charge >= 0.3 is 0 Å². The van der Waals surface area contributed by atoms with E-state index in [9.17, 15) is 5.11 Å². The van der Waals surface area contributed by atoms with Crippen molar-refractivity contribution in [1.29, 1.82) is 0 Å². The molecule has 0 aliphatic rings. The molecule has 2 rings (SSSR count). The van der Waals surface area contributed by atoms with Gasteiger partial charge in [0.25, 0.3) is 0 Å². The number of aromatic hydroxyl groups is 1. The van der Waals surface area contributed by atoms with Gasteiger partial charge in [0.15, 0.2) is 0 Å². The Morgan fingerprint density at radius 1 is 1.25 bits per heavy atom. The summed E-state index contributed by atoms with van der Waals surface area (Å²) in [4.78, 5) is 4.17. The van der Waals surface area contributed by atoms with E-state index in [1.165, 1.54) is 0 Å². The summed E-state index contributed by atoms with van der Waals surface area (Å²) >= 11 is 0. The van der Waals surface area contributed by atoms with E-state index in [0.29, 0.717) is 12.2 Å². The number of phenolic OH excluding ortho intramolecular Hbond substituents is 1. The number of rotatable bonds is 3. The molecule has 0 radical (unpaired) electrons. The summed E-state index contributed by atoms with van der Waals surface area (Å²) in [6.07, 6.45) is 1.62. The molecule has 0 aliphatic carbocycles. The topological polar surface area (TPSA) is 71.2 Å². The molecule has 4 nitrogen and oxygen atoms in total. The van der Waals surface area contributed by atoms with Crippen molar-refractivity contribution >= 4 is 11.4 Å². The molecule has 2 aromatic rings. The summed E-state index contributed by atoms with van der Waals surface area (Å²) in [6, 6.07) is 10.6. The van der Waals surface area contributed by atoms with Gasteiger partial charge in [-0.15, -0.1) is 0 Å². The number of nitrogen functional groups attached to an aromatic ring is 1. The molecule has 0 fully saturated rings. The molecular formula is C12H13N3O. The lowest BCUT2D eigenvalue weighted by Crippen LogP contribution is -2.01. The van der Waals surface area contributed by atoms with Gasteiger partial charge in [0, 0.05) is 11.8 Å². The minimum atomic E-state index is 0.246. The molecule has 16 heavy (non-hydrogen) atoms. The van der Waals surface area contributed by atoms with Crippen LogP contribution >= 0.6 is 0 Å². The lowest BCUT2D eigenvalue weighted by atomic mass is 10.3. The van der Waals surface area contributed by atoms with Crippen molar-refractivity contribution in [1.82, 2.24) is 4.98 Å². The quantitative estimate of drug-likeness (QED) is 0.732. The van der Waals surface area contributed by atoms with Crippen molar-refractivity contribution in [2.75, 3.05) is 11.1 Å². The SMILES string of the molecule is Nc1ccc(CNc2cccc(O)c2)nc1. The molecule has 0 amide bonds. The Bertz CT molecular complexity index is 468.